The second kappa shape index (κ2) is 12.7. The summed E-state index contributed by atoms with van der Waals surface area (Å²) in [6.45, 7) is 2.14. The first-order chi connectivity index (χ1) is 17.9. The predicted molar refractivity (Wildman–Crippen MR) is 137 cm³/mol. The van der Waals surface area contributed by atoms with Crippen LogP contribution in [0.25, 0.3) is 11.0 Å². The third-order valence-electron chi connectivity index (χ3n) is 6.65. The van der Waals surface area contributed by atoms with Gasteiger partial charge in [0.05, 0.1) is 11.6 Å². The van der Waals surface area contributed by atoms with Crippen molar-refractivity contribution in [2.75, 3.05) is 36.8 Å². The molecule has 200 valence electrons. The fraction of sp³-hybridized carbons (Fsp3) is 0.560. The number of anilines is 2. The van der Waals surface area contributed by atoms with Crippen LogP contribution in [-0.2, 0) is 24.7 Å². The third kappa shape index (κ3) is 7.31. The topological polar surface area (TPSA) is 121 Å². The molecule has 0 aliphatic carbocycles. The number of carbonyl (C=O) groups is 1. The van der Waals surface area contributed by atoms with Crippen LogP contribution in [-0.4, -0.2) is 79.4 Å². The van der Waals surface area contributed by atoms with Gasteiger partial charge in [-0.15, -0.1) is 0 Å². The van der Waals surface area contributed by atoms with Crippen molar-refractivity contribution >= 4 is 28.6 Å². The summed E-state index contributed by atoms with van der Waals surface area (Å²) >= 11 is 0. The number of halogens is 2. The van der Waals surface area contributed by atoms with Crippen LogP contribution in [0.15, 0.2) is 24.7 Å². The molecular formula is C25H34F2N8O2. The largest absolute Gasteiger partial charge is 0.480 e. The lowest BCUT2D eigenvalue weighted by atomic mass is 10.1. The number of nitrogens with zero attached hydrogens (tertiary/aromatic N) is 6. The Kier molecular flexibility index (Phi) is 9.15. The van der Waals surface area contributed by atoms with E-state index in [0.29, 0.717) is 29.9 Å². The molecule has 1 atom stereocenters. The molecule has 0 saturated heterocycles. The number of hydrogen-bond acceptors (Lipinski definition) is 8. The van der Waals surface area contributed by atoms with Gasteiger partial charge in [-0.3, -0.25) is 4.68 Å². The molecule has 4 rings (SSSR count). The summed E-state index contributed by atoms with van der Waals surface area (Å²) in [6.07, 6.45) is 5.19. The van der Waals surface area contributed by atoms with E-state index in [1.54, 1.807) is 17.9 Å². The molecule has 0 fully saturated rings. The zero-order valence-corrected chi connectivity index (χ0v) is 21.0. The highest BCUT2D eigenvalue weighted by Gasteiger charge is 2.21. The van der Waals surface area contributed by atoms with Crippen molar-refractivity contribution in [3.63, 3.8) is 0 Å². The average Bonchev–Trinajstić information content (AvgIpc) is 3.27. The smallest absolute Gasteiger partial charge is 0.326 e. The number of carboxylic acid groups (broad SMARTS) is 1. The summed E-state index contributed by atoms with van der Waals surface area (Å²) in [6, 6.07) is 3.27. The van der Waals surface area contributed by atoms with E-state index in [1.165, 1.54) is 11.9 Å². The maximum atomic E-state index is 12.9. The fourth-order valence-corrected chi connectivity index (χ4v) is 4.58. The van der Waals surface area contributed by atoms with Gasteiger partial charge >= 0.3 is 5.97 Å². The maximum Gasteiger partial charge on any atom is 0.326 e. The van der Waals surface area contributed by atoms with Crippen LogP contribution in [0.3, 0.4) is 0 Å². The van der Waals surface area contributed by atoms with Gasteiger partial charge in [0.25, 0.3) is 0 Å². The molecule has 3 N–H and O–H groups in total. The summed E-state index contributed by atoms with van der Waals surface area (Å²) in [5, 5.41) is 20.9. The lowest BCUT2D eigenvalue weighted by Gasteiger charge is -2.24. The second-order valence-electron chi connectivity index (χ2n) is 9.37. The van der Waals surface area contributed by atoms with Crippen LogP contribution in [0.4, 0.5) is 20.4 Å². The lowest BCUT2D eigenvalue weighted by Crippen LogP contribution is -2.36. The Labute approximate surface area is 214 Å². The van der Waals surface area contributed by atoms with Crippen molar-refractivity contribution in [3.8, 4) is 0 Å². The molecule has 1 unspecified atom stereocenters. The third-order valence-corrected chi connectivity index (χ3v) is 6.65. The van der Waals surface area contributed by atoms with E-state index in [2.05, 4.69) is 37.8 Å². The molecule has 3 aromatic rings. The molecule has 10 nitrogen and oxygen atoms in total. The first kappa shape index (κ1) is 26.6. The van der Waals surface area contributed by atoms with Gasteiger partial charge in [0.15, 0.2) is 5.65 Å². The Bertz CT molecular complexity index is 1190. The molecule has 3 aromatic heterocycles. The lowest BCUT2D eigenvalue weighted by molar-refractivity contribution is -0.138. The van der Waals surface area contributed by atoms with Crippen LogP contribution < -0.4 is 10.6 Å². The molecule has 1 aliphatic heterocycles. The van der Waals surface area contributed by atoms with Crippen LogP contribution in [0.1, 0.15) is 43.4 Å². The van der Waals surface area contributed by atoms with Crippen LogP contribution >= 0.6 is 0 Å². The summed E-state index contributed by atoms with van der Waals surface area (Å²) < 4.78 is 27.5. The number of rotatable bonds is 14. The average molecular weight is 517 g/mol. The number of carboxylic acids is 1. The number of pyridine rings is 1. The van der Waals surface area contributed by atoms with Gasteiger partial charge in [0.1, 0.15) is 24.0 Å². The van der Waals surface area contributed by atoms with Crippen molar-refractivity contribution < 1.29 is 18.7 Å². The molecule has 12 heteroatoms. The Hall–Kier alpha value is -3.41. The second-order valence-corrected chi connectivity index (χ2v) is 9.37. The highest BCUT2D eigenvalue weighted by atomic mass is 19.3. The van der Waals surface area contributed by atoms with E-state index in [4.69, 9.17) is 4.98 Å². The molecule has 0 saturated carbocycles. The highest BCUT2D eigenvalue weighted by Crippen LogP contribution is 2.21. The normalized spacial score (nSPS) is 14.1. The summed E-state index contributed by atoms with van der Waals surface area (Å²) in [5.74, 6) is 0.329. The number of alkyl halides is 2. The molecule has 0 aromatic carbocycles. The monoisotopic (exact) mass is 516 g/mol. The Morgan fingerprint density at radius 2 is 2.05 bits per heavy atom. The summed E-state index contributed by atoms with van der Waals surface area (Å²) in [4.78, 5) is 27.0. The molecule has 4 heterocycles. The zero-order chi connectivity index (χ0) is 26.2. The molecule has 0 spiro atoms. The van der Waals surface area contributed by atoms with Gasteiger partial charge < -0.3 is 20.6 Å². The standard InChI is InChI=1S/C25H34F2N8O2/c1-34-24-19(15-31-34)23(29-16-30-24)33-20(25(36)37)9-13-35(14-10-21(26)27)12-3-2-6-18-8-7-17-5-4-11-28-22(17)32-18/h7-8,15-16,20-21H,2-6,9-14H2,1H3,(H,28,32)(H,36,37)(H,29,30,33). The van der Waals surface area contributed by atoms with Gasteiger partial charge in [-0.05, 0) is 56.7 Å². The number of fused-ring (bicyclic) bond motifs is 2. The Morgan fingerprint density at radius 3 is 2.86 bits per heavy atom. The predicted octanol–water partition coefficient (Wildman–Crippen LogP) is 3.35. The van der Waals surface area contributed by atoms with Gasteiger partial charge in [-0.1, -0.05) is 6.07 Å². The van der Waals surface area contributed by atoms with Gasteiger partial charge in [0.2, 0.25) is 6.43 Å². The highest BCUT2D eigenvalue weighted by molar-refractivity contribution is 5.88. The van der Waals surface area contributed by atoms with Gasteiger partial charge in [-0.2, -0.15) is 5.10 Å². The Morgan fingerprint density at radius 1 is 1.22 bits per heavy atom. The van der Waals surface area contributed by atoms with Crippen molar-refractivity contribution in [2.45, 2.75) is 57.4 Å². The van der Waals surface area contributed by atoms with Gasteiger partial charge in [0, 0.05) is 38.8 Å². The van der Waals surface area contributed by atoms with Gasteiger partial charge in [-0.25, -0.2) is 28.5 Å². The zero-order valence-electron chi connectivity index (χ0n) is 21.0. The first-order valence-corrected chi connectivity index (χ1v) is 12.8. The number of unbranched alkanes of at least 4 members (excludes halogenated alkanes) is 1. The molecule has 0 bridgehead atoms. The number of nitrogens with one attached hydrogen (secondary N) is 2. The molecular weight excluding hydrogens is 482 g/mol. The minimum atomic E-state index is -2.40. The molecule has 0 radical (unpaired) electrons. The van der Waals surface area contributed by atoms with Crippen LogP contribution in [0.2, 0.25) is 0 Å². The fourth-order valence-electron chi connectivity index (χ4n) is 4.58. The van der Waals surface area contributed by atoms with E-state index < -0.39 is 18.4 Å². The molecule has 1 aliphatic rings. The van der Waals surface area contributed by atoms with Crippen LogP contribution in [0, 0.1) is 0 Å². The summed E-state index contributed by atoms with van der Waals surface area (Å²) in [5.41, 5.74) is 2.86. The van der Waals surface area contributed by atoms with Crippen molar-refractivity contribution in [2.24, 2.45) is 7.05 Å². The SMILES string of the molecule is Cn1ncc2c(NC(CCN(CCCCc3ccc4c(n3)NCCC4)CCC(F)F)C(=O)O)ncnc21. The summed E-state index contributed by atoms with van der Waals surface area (Å²) in [7, 11) is 1.74. The molecule has 37 heavy (non-hydrogen) atoms. The van der Waals surface area contributed by atoms with E-state index >= 15 is 0 Å². The minimum Gasteiger partial charge on any atom is -0.480 e. The molecule has 0 amide bonds. The quantitative estimate of drug-likeness (QED) is 0.277. The van der Waals surface area contributed by atoms with Crippen LogP contribution in [0.5, 0.6) is 0 Å². The van der Waals surface area contributed by atoms with E-state index in [-0.39, 0.29) is 19.4 Å². The first-order valence-electron chi connectivity index (χ1n) is 12.8. The van der Waals surface area contributed by atoms with E-state index in [9.17, 15) is 18.7 Å². The van der Waals surface area contributed by atoms with Crippen molar-refractivity contribution in [1.82, 2.24) is 29.6 Å². The minimum absolute atomic E-state index is 0.214. The van der Waals surface area contributed by atoms with Crippen molar-refractivity contribution in [1.29, 1.82) is 0 Å². The number of aliphatic carboxylic acids is 1. The van der Waals surface area contributed by atoms with E-state index in [0.717, 1.165) is 50.2 Å². The Balaban J connectivity index is 1.31. The van der Waals surface area contributed by atoms with E-state index in [1.807, 2.05) is 4.90 Å². The maximum absolute atomic E-state index is 12.9. The number of hydrogen-bond donors (Lipinski definition) is 3. The number of aryl methyl sites for hydroxylation is 3. The number of aromatic nitrogens is 5. The van der Waals surface area contributed by atoms with Crippen molar-refractivity contribution in [3.05, 3.63) is 35.9 Å².